The third-order valence-corrected chi connectivity index (χ3v) is 7.38. The second-order valence-corrected chi connectivity index (χ2v) is 10.0. The number of carbonyl (C=O) groups excluding carboxylic acids is 2. The SMILES string of the molecule is COC(=O)[NH+]1CCC(NC(=O)c2cc3ccccc3n2Cc2cc(-c3ccc(Cl)s3)on2)CC1. The largest absolute Gasteiger partial charge is 0.514 e. The number of hydrogen-bond donors (Lipinski definition) is 2. The Kier molecular flexibility index (Phi) is 6.40. The summed E-state index contributed by atoms with van der Waals surface area (Å²) in [5.74, 6) is 0.505. The highest BCUT2D eigenvalue weighted by Crippen LogP contribution is 2.32. The molecule has 1 fully saturated rings. The van der Waals surface area contributed by atoms with Gasteiger partial charge in [0, 0.05) is 35.9 Å². The van der Waals surface area contributed by atoms with Crippen LogP contribution in [0.25, 0.3) is 21.5 Å². The van der Waals surface area contributed by atoms with E-state index in [-0.39, 0.29) is 18.0 Å². The van der Waals surface area contributed by atoms with E-state index < -0.39 is 0 Å². The van der Waals surface area contributed by atoms with Crippen molar-refractivity contribution in [3.63, 3.8) is 0 Å². The van der Waals surface area contributed by atoms with Crippen molar-refractivity contribution in [2.45, 2.75) is 25.4 Å². The predicted molar refractivity (Wildman–Crippen MR) is 129 cm³/mol. The molecule has 2 N–H and O–H groups in total. The molecule has 0 atom stereocenters. The third kappa shape index (κ3) is 4.59. The summed E-state index contributed by atoms with van der Waals surface area (Å²) in [4.78, 5) is 26.8. The molecule has 4 heterocycles. The average molecular weight is 500 g/mol. The fraction of sp³-hybridized carbons (Fsp3) is 0.292. The van der Waals surface area contributed by atoms with Gasteiger partial charge in [0.15, 0.2) is 5.76 Å². The van der Waals surface area contributed by atoms with Gasteiger partial charge < -0.3 is 19.1 Å². The number of halogens is 1. The highest BCUT2D eigenvalue weighted by molar-refractivity contribution is 7.19. The zero-order chi connectivity index (χ0) is 23.7. The predicted octanol–water partition coefficient (Wildman–Crippen LogP) is 3.60. The average Bonchev–Trinajstić information content (AvgIpc) is 3.58. The lowest BCUT2D eigenvalue weighted by Gasteiger charge is -2.27. The Labute approximate surface area is 205 Å². The standard InChI is InChI=1S/C24H23ClN4O4S/c1-32-24(31)28-10-8-16(9-11-28)26-23(30)19-12-15-4-2-3-5-18(15)29(19)14-17-13-20(33-27-17)21-6-7-22(25)34-21/h2-7,12-13,16H,8-11,14H2,1H3,(H,26,30)/p+1. The van der Waals surface area contributed by atoms with Crippen LogP contribution in [0.3, 0.4) is 0 Å². The van der Waals surface area contributed by atoms with Crippen LogP contribution in [0.2, 0.25) is 4.34 Å². The zero-order valence-corrected chi connectivity index (χ0v) is 20.1. The second kappa shape index (κ2) is 9.61. The number of rotatable bonds is 5. The first-order valence-electron chi connectivity index (χ1n) is 11.1. The van der Waals surface area contributed by atoms with Gasteiger partial charge in [0.05, 0.1) is 36.0 Å². The minimum absolute atomic E-state index is 0.00889. The van der Waals surface area contributed by atoms with E-state index in [0.717, 1.165) is 20.7 Å². The van der Waals surface area contributed by atoms with E-state index in [0.29, 0.717) is 54.0 Å². The molecule has 1 saturated heterocycles. The number of para-hydroxylation sites is 1. The summed E-state index contributed by atoms with van der Waals surface area (Å²) in [7, 11) is 1.40. The Morgan fingerprint density at radius 3 is 2.76 bits per heavy atom. The summed E-state index contributed by atoms with van der Waals surface area (Å²) >= 11 is 7.47. The van der Waals surface area contributed by atoms with Crippen LogP contribution in [0, 0.1) is 0 Å². The zero-order valence-electron chi connectivity index (χ0n) is 18.5. The molecule has 0 saturated carbocycles. The Bertz CT molecular complexity index is 1340. The number of aromatic nitrogens is 2. The quantitative estimate of drug-likeness (QED) is 0.438. The molecule has 3 aromatic heterocycles. The number of benzene rings is 1. The number of quaternary nitrogens is 1. The van der Waals surface area contributed by atoms with E-state index >= 15 is 0 Å². The molecular formula is C24H24ClN4O4S+. The van der Waals surface area contributed by atoms with Gasteiger partial charge in [-0.2, -0.15) is 4.79 Å². The maximum atomic E-state index is 13.3. The molecule has 4 aromatic rings. The van der Waals surface area contributed by atoms with Crippen molar-refractivity contribution in [3.05, 3.63) is 64.3 Å². The number of thiophene rings is 1. The number of hydrogen-bond acceptors (Lipinski definition) is 6. The molecular weight excluding hydrogens is 476 g/mol. The molecule has 176 valence electrons. The van der Waals surface area contributed by atoms with Crippen LogP contribution in [-0.2, 0) is 11.3 Å². The van der Waals surface area contributed by atoms with E-state index in [1.807, 2.05) is 53.1 Å². The number of carbonyl (C=O) groups is 2. The van der Waals surface area contributed by atoms with Crippen LogP contribution in [0.4, 0.5) is 4.79 Å². The Hall–Kier alpha value is -3.14. The number of ether oxygens (including phenoxy) is 1. The molecule has 10 heteroatoms. The summed E-state index contributed by atoms with van der Waals surface area (Å²) in [6.07, 6.45) is 1.18. The third-order valence-electron chi connectivity index (χ3n) is 6.14. The van der Waals surface area contributed by atoms with Crippen molar-refractivity contribution >= 4 is 45.8 Å². The first-order valence-corrected chi connectivity index (χ1v) is 12.2. The van der Waals surface area contributed by atoms with Crippen molar-refractivity contribution in [1.29, 1.82) is 0 Å². The number of fused-ring (bicyclic) bond motifs is 1. The summed E-state index contributed by atoms with van der Waals surface area (Å²) in [6.45, 7) is 1.66. The number of nitrogens with one attached hydrogen (secondary N) is 2. The van der Waals surface area contributed by atoms with E-state index in [9.17, 15) is 9.59 Å². The second-order valence-electron chi connectivity index (χ2n) is 8.30. The van der Waals surface area contributed by atoms with Crippen LogP contribution in [0.1, 0.15) is 29.0 Å². The fourth-order valence-electron chi connectivity index (χ4n) is 4.40. The lowest BCUT2D eigenvalue weighted by molar-refractivity contribution is -0.829. The normalized spacial score (nSPS) is 18.2. The topological polar surface area (TPSA) is 90.8 Å². The van der Waals surface area contributed by atoms with Gasteiger partial charge in [-0.25, -0.2) is 4.90 Å². The molecule has 0 spiro atoms. The number of piperidine rings is 1. The minimum atomic E-state index is -0.248. The summed E-state index contributed by atoms with van der Waals surface area (Å²) in [6, 6.07) is 15.4. The Balaban J connectivity index is 1.36. The van der Waals surface area contributed by atoms with E-state index in [1.54, 1.807) is 0 Å². The first kappa shape index (κ1) is 22.6. The van der Waals surface area contributed by atoms with Crippen LogP contribution < -0.4 is 10.2 Å². The maximum absolute atomic E-state index is 13.3. The summed E-state index contributed by atoms with van der Waals surface area (Å²) in [5, 5.41) is 8.35. The lowest BCUT2D eigenvalue weighted by Crippen LogP contribution is -3.15. The molecule has 0 bridgehead atoms. The molecule has 1 aromatic carbocycles. The molecule has 0 unspecified atom stereocenters. The van der Waals surface area contributed by atoms with Crippen LogP contribution in [-0.4, -0.2) is 48.0 Å². The van der Waals surface area contributed by atoms with Crippen LogP contribution >= 0.6 is 22.9 Å². The number of alkyl carbamates (subject to hydrolysis) is 2. The molecule has 5 rings (SSSR count). The van der Waals surface area contributed by atoms with Crippen LogP contribution in [0.5, 0.6) is 0 Å². The molecule has 1 aliphatic rings. The molecule has 34 heavy (non-hydrogen) atoms. The van der Waals surface area contributed by atoms with E-state index in [1.165, 1.54) is 18.4 Å². The van der Waals surface area contributed by atoms with Crippen molar-refractivity contribution in [3.8, 4) is 10.6 Å². The lowest BCUT2D eigenvalue weighted by atomic mass is 10.1. The minimum Gasteiger partial charge on any atom is -0.423 e. The fourth-order valence-corrected chi connectivity index (χ4v) is 5.39. The van der Waals surface area contributed by atoms with Gasteiger partial charge in [0.25, 0.3) is 5.91 Å². The van der Waals surface area contributed by atoms with Crippen molar-refractivity contribution < 1.29 is 23.7 Å². The van der Waals surface area contributed by atoms with Gasteiger partial charge in [0.1, 0.15) is 11.4 Å². The molecule has 1 aliphatic heterocycles. The highest BCUT2D eigenvalue weighted by Gasteiger charge is 2.29. The summed E-state index contributed by atoms with van der Waals surface area (Å²) < 4.78 is 13.0. The number of methoxy groups -OCH3 is 1. The summed E-state index contributed by atoms with van der Waals surface area (Å²) in [5.41, 5.74) is 2.22. The molecule has 8 nitrogen and oxygen atoms in total. The number of nitrogens with zero attached hydrogens (tertiary/aromatic N) is 2. The first-order chi connectivity index (χ1) is 16.5. The monoisotopic (exact) mass is 499 g/mol. The van der Waals surface area contributed by atoms with Gasteiger partial charge in [-0.05, 0) is 24.3 Å². The van der Waals surface area contributed by atoms with Crippen molar-refractivity contribution in [2.24, 2.45) is 0 Å². The Morgan fingerprint density at radius 2 is 2.03 bits per heavy atom. The van der Waals surface area contributed by atoms with Gasteiger partial charge in [-0.15, -0.1) is 11.3 Å². The molecule has 0 radical (unpaired) electrons. The van der Waals surface area contributed by atoms with Crippen molar-refractivity contribution in [2.75, 3.05) is 20.2 Å². The smallest absolute Gasteiger partial charge is 0.423 e. The Morgan fingerprint density at radius 1 is 1.24 bits per heavy atom. The number of likely N-dealkylation sites (tertiary alicyclic amines) is 1. The number of amides is 2. The van der Waals surface area contributed by atoms with E-state index in [4.69, 9.17) is 20.9 Å². The maximum Gasteiger partial charge on any atom is 0.514 e. The van der Waals surface area contributed by atoms with Crippen molar-refractivity contribution in [1.82, 2.24) is 15.0 Å². The van der Waals surface area contributed by atoms with Gasteiger partial charge in [0.2, 0.25) is 0 Å². The van der Waals surface area contributed by atoms with Crippen LogP contribution in [0.15, 0.2) is 53.1 Å². The molecule has 2 amide bonds. The van der Waals surface area contributed by atoms with E-state index in [2.05, 4.69) is 10.5 Å². The van der Waals surface area contributed by atoms with Gasteiger partial charge in [-0.3, -0.25) is 4.79 Å². The van der Waals surface area contributed by atoms with Gasteiger partial charge >= 0.3 is 6.09 Å². The molecule has 0 aliphatic carbocycles. The highest BCUT2D eigenvalue weighted by atomic mass is 35.5. The van der Waals surface area contributed by atoms with Gasteiger partial charge in [-0.1, -0.05) is 35.0 Å².